The van der Waals surface area contributed by atoms with Crippen LogP contribution in [0.3, 0.4) is 0 Å². The van der Waals surface area contributed by atoms with E-state index in [4.69, 9.17) is 4.74 Å². The monoisotopic (exact) mass is 270 g/mol. The Morgan fingerprint density at radius 2 is 1.80 bits per heavy atom. The van der Waals surface area contributed by atoms with Crippen LogP contribution in [0.4, 0.5) is 5.69 Å². The van der Waals surface area contributed by atoms with Crippen molar-refractivity contribution in [2.75, 3.05) is 0 Å². The van der Waals surface area contributed by atoms with Gasteiger partial charge in [0.25, 0.3) is 11.6 Å². The standard InChI is InChI=1S/C14H10N2O4/c17-13-11-3-1-2-4-12(11)20-14(15-13)9-5-7-10(8-6-9)16(18)19/h1-8,14H,(H,15,17). The third kappa shape index (κ3) is 2.07. The summed E-state index contributed by atoms with van der Waals surface area (Å²) in [6, 6.07) is 12.8. The number of non-ortho nitro benzene ring substituents is 1. The van der Waals surface area contributed by atoms with Crippen LogP contribution in [0.2, 0.25) is 0 Å². The molecule has 0 radical (unpaired) electrons. The maximum Gasteiger partial charge on any atom is 0.269 e. The molecule has 1 heterocycles. The average Bonchev–Trinajstić information content (AvgIpc) is 2.47. The molecule has 0 spiro atoms. The summed E-state index contributed by atoms with van der Waals surface area (Å²) in [7, 11) is 0. The molecule has 20 heavy (non-hydrogen) atoms. The quantitative estimate of drug-likeness (QED) is 0.671. The zero-order valence-electron chi connectivity index (χ0n) is 10.3. The van der Waals surface area contributed by atoms with Crippen LogP contribution in [0.5, 0.6) is 5.75 Å². The van der Waals surface area contributed by atoms with Gasteiger partial charge in [-0.25, -0.2) is 0 Å². The molecule has 0 saturated carbocycles. The van der Waals surface area contributed by atoms with Crippen molar-refractivity contribution in [3.8, 4) is 5.75 Å². The van der Waals surface area contributed by atoms with E-state index in [1.807, 2.05) is 0 Å². The first-order valence-corrected chi connectivity index (χ1v) is 5.96. The fourth-order valence-electron chi connectivity index (χ4n) is 2.03. The first-order valence-electron chi connectivity index (χ1n) is 5.96. The molecule has 1 N–H and O–H groups in total. The Morgan fingerprint density at radius 3 is 2.50 bits per heavy atom. The van der Waals surface area contributed by atoms with E-state index in [0.717, 1.165) is 0 Å². The fourth-order valence-corrected chi connectivity index (χ4v) is 2.03. The minimum Gasteiger partial charge on any atom is -0.466 e. The molecule has 1 aliphatic rings. The maximum atomic E-state index is 11.9. The number of amides is 1. The first kappa shape index (κ1) is 12.2. The van der Waals surface area contributed by atoms with E-state index in [-0.39, 0.29) is 11.6 Å². The van der Waals surface area contributed by atoms with E-state index in [0.29, 0.717) is 16.9 Å². The first-order chi connectivity index (χ1) is 9.65. The number of benzene rings is 2. The summed E-state index contributed by atoms with van der Waals surface area (Å²) in [6.45, 7) is 0. The molecule has 100 valence electrons. The summed E-state index contributed by atoms with van der Waals surface area (Å²) >= 11 is 0. The van der Waals surface area contributed by atoms with E-state index in [1.165, 1.54) is 12.1 Å². The second kappa shape index (κ2) is 4.65. The predicted molar refractivity (Wildman–Crippen MR) is 70.4 cm³/mol. The van der Waals surface area contributed by atoms with Gasteiger partial charge in [0.05, 0.1) is 10.5 Å². The Morgan fingerprint density at radius 1 is 1.10 bits per heavy atom. The van der Waals surface area contributed by atoms with Gasteiger partial charge in [-0.3, -0.25) is 14.9 Å². The Kier molecular flexibility index (Phi) is 2.83. The Bertz CT molecular complexity index is 682. The molecule has 1 aliphatic heterocycles. The normalized spacial score (nSPS) is 16.8. The van der Waals surface area contributed by atoms with Gasteiger partial charge in [-0.1, -0.05) is 12.1 Å². The van der Waals surface area contributed by atoms with Crippen LogP contribution >= 0.6 is 0 Å². The lowest BCUT2D eigenvalue weighted by molar-refractivity contribution is -0.384. The zero-order valence-corrected chi connectivity index (χ0v) is 10.3. The number of nitrogens with one attached hydrogen (secondary N) is 1. The second-order valence-electron chi connectivity index (χ2n) is 4.32. The summed E-state index contributed by atoms with van der Waals surface area (Å²) in [5.41, 5.74) is 1.13. The van der Waals surface area contributed by atoms with Gasteiger partial charge < -0.3 is 10.1 Å². The van der Waals surface area contributed by atoms with Gasteiger partial charge in [0, 0.05) is 17.7 Å². The van der Waals surface area contributed by atoms with Crippen molar-refractivity contribution in [2.24, 2.45) is 0 Å². The number of hydrogen-bond acceptors (Lipinski definition) is 4. The van der Waals surface area contributed by atoms with Gasteiger partial charge in [0.2, 0.25) is 0 Å². The van der Waals surface area contributed by atoms with E-state index in [2.05, 4.69) is 5.32 Å². The predicted octanol–water partition coefficient (Wildman–Crippen LogP) is 2.42. The van der Waals surface area contributed by atoms with Gasteiger partial charge in [-0.05, 0) is 24.3 Å². The molecule has 1 atom stereocenters. The molecule has 0 aromatic heterocycles. The number of carbonyl (C=O) groups excluding carboxylic acids is 1. The van der Waals surface area contributed by atoms with E-state index < -0.39 is 11.2 Å². The van der Waals surface area contributed by atoms with Crippen molar-refractivity contribution in [1.29, 1.82) is 0 Å². The molecular weight excluding hydrogens is 260 g/mol. The highest BCUT2D eigenvalue weighted by Crippen LogP contribution is 2.29. The number of ether oxygens (including phenoxy) is 1. The Balaban J connectivity index is 1.90. The fraction of sp³-hybridized carbons (Fsp3) is 0.0714. The van der Waals surface area contributed by atoms with Crippen LogP contribution in [-0.2, 0) is 0 Å². The third-order valence-corrected chi connectivity index (χ3v) is 3.05. The lowest BCUT2D eigenvalue weighted by atomic mass is 10.1. The van der Waals surface area contributed by atoms with E-state index in [9.17, 15) is 14.9 Å². The minimum absolute atomic E-state index is 0.00344. The van der Waals surface area contributed by atoms with Gasteiger partial charge in [0.1, 0.15) is 5.75 Å². The van der Waals surface area contributed by atoms with Crippen LogP contribution < -0.4 is 10.1 Å². The van der Waals surface area contributed by atoms with Crippen LogP contribution in [0.25, 0.3) is 0 Å². The summed E-state index contributed by atoms with van der Waals surface area (Å²) < 4.78 is 5.69. The molecule has 1 amide bonds. The zero-order chi connectivity index (χ0) is 14.1. The highest BCUT2D eigenvalue weighted by atomic mass is 16.6. The molecular formula is C14H10N2O4. The van der Waals surface area contributed by atoms with E-state index in [1.54, 1.807) is 36.4 Å². The summed E-state index contributed by atoms with van der Waals surface area (Å²) in [6.07, 6.45) is -0.641. The lowest BCUT2D eigenvalue weighted by Crippen LogP contribution is -2.36. The molecule has 2 aromatic rings. The third-order valence-electron chi connectivity index (χ3n) is 3.05. The SMILES string of the molecule is O=C1NC(c2ccc([N+](=O)[O-])cc2)Oc2ccccc21. The maximum absolute atomic E-state index is 11.9. The van der Waals surface area contributed by atoms with Crippen LogP contribution in [0, 0.1) is 10.1 Å². The largest absolute Gasteiger partial charge is 0.466 e. The summed E-state index contributed by atoms with van der Waals surface area (Å²) in [5, 5.41) is 13.3. The molecule has 0 saturated heterocycles. The van der Waals surface area contributed by atoms with Crippen molar-refractivity contribution >= 4 is 11.6 Å². The van der Waals surface area contributed by atoms with Crippen molar-refractivity contribution in [3.05, 3.63) is 69.8 Å². The molecule has 0 fully saturated rings. The van der Waals surface area contributed by atoms with Crippen molar-refractivity contribution in [2.45, 2.75) is 6.23 Å². The molecule has 1 unspecified atom stereocenters. The number of para-hydroxylation sites is 1. The van der Waals surface area contributed by atoms with Crippen LogP contribution in [0.15, 0.2) is 48.5 Å². The number of hydrogen-bond donors (Lipinski definition) is 1. The highest BCUT2D eigenvalue weighted by Gasteiger charge is 2.26. The molecule has 0 bridgehead atoms. The number of nitro benzene ring substituents is 1. The average molecular weight is 270 g/mol. The van der Waals surface area contributed by atoms with Crippen molar-refractivity contribution < 1.29 is 14.5 Å². The second-order valence-corrected chi connectivity index (χ2v) is 4.32. The number of nitrogens with zero attached hydrogens (tertiary/aromatic N) is 1. The van der Waals surface area contributed by atoms with Crippen LogP contribution in [-0.4, -0.2) is 10.8 Å². The topological polar surface area (TPSA) is 81.5 Å². The minimum atomic E-state index is -0.641. The Hall–Kier alpha value is -2.89. The van der Waals surface area contributed by atoms with Gasteiger partial charge in [-0.2, -0.15) is 0 Å². The highest BCUT2D eigenvalue weighted by molar-refractivity contribution is 5.97. The van der Waals surface area contributed by atoms with Gasteiger partial charge in [-0.15, -0.1) is 0 Å². The van der Waals surface area contributed by atoms with Gasteiger partial charge >= 0.3 is 0 Å². The molecule has 3 rings (SSSR count). The summed E-state index contributed by atoms with van der Waals surface area (Å²) in [5.74, 6) is 0.273. The molecule has 6 nitrogen and oxygen atoms in total. The van der Waals surface area contributed by atoms with Gasteiger partial charge in [0.15, 0.2) is 6.23 Å². The van der Waals surface area contributed by atoms with E-state index >= 15 is 0 Å². The number of rotatable bonds is 2. The number of fused-ring (bicyclic) bond motifs is 1. The number of nitro groups is 1. The van der Waals surface area contributed by atoms with Crippen molar-refractivity contribution in [1.82, 2.24) is 5.32 Å². The molecule has 0 aliphatic carbocycles. The molecule has 2 aromatic carbocycles. The Labute approximate surface area is 114 Å². The number of carbonyl (C=O) groups is 1. The lowest BCUT2D eigenvalue weighted by Gasteiger charge is -2.26. The smallest absolute Gasteiger partial charge is 0.269 e. The molecule has 6 heteroatoms. The summed E-state index contributed by atoms with van der Waals surface area (Å²) in [4.78, 5) is 22.1. The van der Waals surface area contributed by atoms with Crippen LogP contribution in [0.1, 0.15) is 22.1 Å². The van der Waals surface area contributed by atoms with Crippen molar-refractivity contribution in [3.63, 3.8) is 0 Å².